The Hall–Kier alpha value is -2.03. The number of hydrogen-bond acceptors (Lipinski definition) is 3. The highest BCUT2D eigenvalue weighted by molar-refractivity contribution is 5.69. The van der Waals surface area contributed by atoms with Gasteiger partial charge in [-0.1, -0.05) is 0 Å². The number of benzene rings is 1. The van der Waals surface area contributed by atoms with E-state index < -0.39 is 0 Å². The summed E-state index contributed by atoms with van der Waals surface area (Å²) in [7, 11) is 1.66. The van der Waals surface area contributed by atoms with Gasteiger partial charge in [0.2, 0.25) is 0 Å². The fraction of sp³-hybridized carbons (Fsp3) is 0.214. The molecule has 3 nitrogen and oxygen atoms in total. The van der Waals surface area contributed by atoms with Gasteiger partial charge in [0.05, 0.1) is 13.3 Å². The highest BCUT2D eigenvalue weighted by Gasteiger charge is 2.07. The zero-order valence-electron chi connectivity index (χ0n) is 10.2. The summed E-state index contributed by atoms with van der Waals surface area (Å²) in [6.45, 7) is 4.01. The van der Waals surface area contributed by atoms with Crippen LogP contribution >= 0.6 is 0 Å². The molecule has 1 N–H and O–H groups in total. The summed E-state index contributed by atoms with van der Waals surface area (Å²) in [6, 6.07) is 5.75. The summed E-state index contributed by atoms with van der Waals surface area (Å²) in [5.74, 6) is 1.05. The van der Waals surface area contributed by atoms with Crippen molar-refractivity contribution in [2.45, 2.75) is 13.8 Å². The number of methoxy groups -OCH3 is 1. The van der Waals surface area contributed by atoms with Crippen LogP contribution in [-0.4, -0.2) is 17.2 Å². The van der Waals surface area contributed by atoms with E-state index in [1.165, 1.54) is 6.20 Å². The molecular weight excluding hydrogens is 214 g/mol. The lowest BCUT2D eigenvalue weighted by molar-refractivity contribution is 0.411. The van der Waals surface area contributed by atoms with Crippen LogP contribution in [0.4, 0.5) is 0 Å². The molecule has 0 spiro atoms. The summed E-state index contributed by atoms with van der Waals surface area (Å²) in [4.78, 5) is 3.99. The van der Waals surface area contributed by atoms with Crippen molar-refractivity contribution >= 4 is 0 Å². The quantitative estimate of drug-likeness (QED) is 0.860. The van der Waals surface area contributed by atoms with Crippen molar-refractivity contribution < 1.29 is 9.84 Å². The fourth-order valence-electron chi connectivity index (χ4n) is 1.90. The van der Waals surface area contributed by atoms with Gasteiger partial charge in [-0.2, -0.15) is 0 Å². The lowest BCUT2D eigenvalue weighted by Gasteiger charge is -2.11. The molecule has 0 unspecified atom stereocenters. The van der Waals surface area contributed by atoms with E-state index in [9.17, 15) is 5.11 Å². The number of hydrogen-bond donors (Lipinski definition) is 1. The second kappa shape index (κ2) is 4.45. The van der Waals surface area contributed by atoms with Crippen LogP contribution in [0.1, 0.15) is 11.1 Å². The van der Waals surface area contributed by atoms with Gasteiger partial charge in [-0.3, -0.25) is 4.98 Å². The molecular formula is C14H15NO2. The average Bonchev–Trinajstić information content (AvgIpc) is 2.31. The van der Waals surface area contributed by atoms with E-state index in [1.807, 2.05) is 26.0 Å². The molecule has 0 aliphatic rings. The number of aryl methyl sites for hydroxylation is 2. The third kappa shape index (κ3) is 2.23. The molecule has 2 aromatic rings. The minimum Gasteiger partial charge on any atom is -0.506 e. The van der Waals surface area contributed by atoms with Gasteiger partial charge in [0.15, 0.2) is 0 Å². The predicted octanol–water partition coefficient (Wildman–Crippen LogP) is 3.08. The third-order valence-corrected chi connectivity index (χ3v) is 2.78. The molecule has 0 aliphatic heterocycles. The summed E-state index contributed by atoms with van der Waals surface area (Å²) >= 11 is 0. The van der Waals surface area contributed by atoms with Crippen molar-refractivity contribution in [3.63, 3.8) is 0 Å². The van der Waals surface area contributed by atoms with Gasteiger partial charge in [-0.25, -0.2) is 0 Å². The van der Waals surface area contributed by atoms with E-state index in [-0.39, 0.29) is 5.75 Å². The Labute approximate surface area is 101 Å². The topological polar surface area (TPSA) is 42.4 Å². The molecule has 0 radical (unpaired) electrons. The molecule has 0 aliphatic carbocycles. The van der Waals surface area contributed by atoms with E-state index in [0.29, 0.717) is 0 Å². The molecule has 1 aromatic carbocycles. The smallest absolute Gasteiger partial charge is 0.134 e. The molecule has 88 valence electrons. The fourth-order valence-corrected chi connectivity index (χ4v) is 1.90. The molecule has 0 bridgehead atoms. The first-order valence-corrected chi connectivity index (χ1v) is 5.41. The maximum absolute atomic E-state index is 9.45. The Morgan fingerprint density at radius 1 is 1.06 bits per heavy atom. The van der Waals surface area contributed by atoms with Gasteiger partial charge in [-0.05, 0) is 48.7 Å². The van der Waals surface area contributed by atoms with Gasteiger partial charge >= 0.3 is 0 Å². The molecule has 3 heteroatoms. The van der Waals surface area contributed by atoms with Crippen LogP contribution in [0.15, 0.2) is 30.6 Å². The Balaban J connectivity index is 2.56. The SMILES string of the molecule is COc1cc(C)c(-c2cncc(O)c2)cc1C. The standard InChI is InChI=1S/C14H15NO2/c1-9-5-14(17-3)10(2)4-13(9)11-6-12(16)8-15-7-11/h4-8,16H,1-3H3. The van der Waals surface area contributed by atoms with Crippen molar-refractivity contribution in [1.29, 1.82) is 0 Å². The van der Waals surface area contributed by atoms with Crippen molar-refractivity contribution in [3.8, 4) is 22.6 Å². The number of rotatable bonds is 2. The van der Waals surface area contributed by atoms with Crippen LogP contribution in [0.2, 0.25) is 0 Å². The van der Waals surface area contributed by atoms with Crippen molar-refractivity contribution in [2.24, 2.45) is 0 Å². The molecule has 0 saturated heterocycles. The van der Waals surface area contributed by atoms with E-state index in [4.69, 9.17) is 4.74 Å². The maximum Gasteiger partial charge on any atom is 0.134 e. The lowest BCUT2D eigenvalue weighted by Crippen LogP contribution is -1.91. The minimum absolute atomic E-state index is 0.176. The van der Waals surface area contributed by atoms with E-state index in [2.05, 4.69) is 4.98 Å². The number of nitrogens with zero attached hydrogens (tertiary/aromatic N) is 1. The van der Waals surface area contributed by atoms with Crippen LogP contribution in [0.25, 0.3) is 11.1 Å². The van der Waals surface area contributed by atoms with Crippen molar-refractivity contribution in [2.75, 3.05) is 7.11 Å². The van der Waals surface area contributed by atoms with Crippen LogP contribution < -0.4 is 4.74 Å². The van der Waals surface area contributed by atoms with E-state index >= 15 is 0 Å². The summed E-state index contributed by atoms with van der Waals surface area (Å²) in [5.41, 5.74) is 4.14. The molecule has 0 fully saturated rings. The molecule has 17 heavy (non-hydrogen) atoms. The Bertz CT molecular complexity index is 550. The summed E-state index contributed by atoms with van der Waals surface area (Å²) in [6.07, 6.45) is 3.17. The minimum atomic E-state index is 0.176. The zero-order valence-corrected chi connectivity index (χ0v) is 10.2. The van der Waals surface area contributed by atoms with Gasteiger partial charge in [0.1, 0.15) is 11.5 Å². The van der Waals surface area contributed by atoms with E-state index in [1.54, 1.807) is 19.4 Å². The summed E-state index contributed by atoms with van der Waals surface area (Å²) < 4.78 is 5.28. The van der Waals surface area contributed by atoms with Crippen LogP contribution in [-0.2, 0) is 0 Å². The monoisotopic (exact) mass is 229 g/mol. The first-order valence-electron chi connectivity index (χ1n) is 5.41. The molecule has 2 rings (SSSR count). The second-order valence-corrected chi connectivity index (χ2v) is 4.07. The highest BCUT2D eigenvalue weighted by Crippen LogP contribution is 2.30. The van der Waals surface area contributed by atoms with Crippen LogP contribution in [0.5, 0.6) is 11.5 Å². The average molecular weight is 229 g/mol. The molecule has 0 amide bonds. The number of aromatic hydroxyl groups is 1. The highest BCUT2D eigenvalue weighted by atomic mass is 16.5. The number of pyridine rings is 1. The summed E-state index contributed by atoms with van der Waals surface area (Å²) in [5, 5.41) is 9.45. The second-order valence-electron chi connectivity index (χ2n) is 4.07. The first-order chi connectivity index (χ1) is 8.11. The normalized spacial score (nSPS) is 10.3. The number of ether oxygens (including phenoxy) is 1. The van der Waals surface area contributed by atoms with Gasteiger partial charge in [0.25, 0.3) is 0 Å². The van der Waals surface area contributed by atoms with Crippen molar-refractivity contribution in [3.05, 3.63) is 41.7 Å². The third-order valence-electron chi connectivity index (χ3n) is 2.78. The lowest BCUT2D eigenvalue weighted by atomic mass is 9.99. The largest absolute Gasteiger partial charge is 0.506 e. The molecule has 1 aromatic heterocycles. The van der Waals surface area contributed by atoms with Crippen molar-refractivity contribution in [1.82, 2.24) is 4.98 Å². The van der Waals surface area contributed by atoms with Crippen LogP contribution in [0.3, 0.4) is 0 Å². The van der Waals surface area contributed by atoms with Gasteiger partial charge in [-0.15, -0.1) is 0 Å². The first kappa shape index (κ1) is 11.5. The molecule has 0 atom stereocenters. The van der Waals surface area contributed by atoms with Gasteiger partial charge in [0, 0.05) is 11.8 Å². The maximum atomic E-state index is 9.45. The van der Waals surface area contributed by atoms with Crippen LogP contribution in [0, 0.1) is 13.8 Å². The number of aromatic nitrogens is 1. The van der Waals surface area contributed by atoms with Gasteiger partial charge < -0.3 is 9.84 Å². The Morgan fingerprint density at radius 3 is 2.47 bits per heavy atom. The molecule has 0 saturated carbocycles. The van der Waals surface area contributed by atoms with E-state index in [0.717, 1.165) is 28.0 Å². The zero-order chi connectivity index (χ0) is 12.4. The molecule has 1 heterocycles. The predicted molar refractivity (Wildman–Crippen MR) is 67.4 cm³/mol. The Morgan fingerprint density at radius 2 is 1.82 bits per heavy atom. The Kier molecular flexibility index (Phi) is 3.00.